The molecule has 3 N–H and O–H groups in total. The second kappa shape index (κ2) is 6.08. The fourth-order valence-corrected chi connectivity index (χ4v) is 1.20. The molecule has 0 unspecified atom stereocenters. The molecule has 1 atom stereocenters. The molecular formula is C11H24N2O2. The molecule has 0 heterocycles. The summed E-state index contributed by atoms with van der Waals surface area (Å²) in [4.78, 5) is 11.4. The summed E-state index contributed by atoms with van der Waals surface area (Å²) in [7, 11) is 0. The molecular weight excluding hydrogens is 192 g/mol. The number of rotatable bonds is 5. The van der Waals surface area contributed by atoms with Crippen molar-refractivity contribution in [2.75, 3.05) is 13.2 Å². The number of aliphatic hydroxyl groups excluding tert-OH is 1. The van der Waals surface area contributed by atoms with Crippen molar-refractivity contribution in [2.45, 2.75) is 46.2 Å². The molecule has 0 aromatic carbocycles. The van der Waals surface area contributed by atoms with Crippen LogP contribution in [0.25, 0.3) is 0 Å². The molecule has 15 heavy (non-hydrogen) atoms. The van der Waals surface area contributed by atoms with Crippen molar-refractivity contribution in [1.82, 2.24) is 10.6 Å². The molecule has 90 valence electrons. The third-order valence-corrected chi connectivity index (χ3v) is 2.04. The summed E-state index contributed by atoms with van der Waals surface area (Å²) in [5, 5.41) is 14.9. The lowest BCUT2D eigenvalue weighted by molar-refractivity contribution is -0.121. The quantitative estimate of drug-likeness (QED) is 0.627. The third-order valence-electron chi connectivity index (χ3n) is 2.04. The molecule has 0 aliphatic rings. The van der Waals surface area contributed by atoms with Crippen LogP contribution in [-0.4, -0.2) is 35.7 Å². The number of nitrogens with one attached hydrogen (secondary N) is 2. The van der Waals surface area contributed by atoms with Crippen molar-refractivity contribution in [3.05, 3.63) is 0 Å². The first-order chi connectivity index (χ1) is 6.76. The normalized spacial score (nSPS) is 14.1. The van der Waals surface area contributed by atoms with Crippen LogP contribution in [0, 0.1) is 5.92 Å². The number of amides is 1. The van der Waals surface area contributed by atoms with Crippen molar-refractivity contribution in [3.8, 4) is 0 Å². The molecule has 4 nitrogen and oxygen atoms in total. The number of aliphatic hydroxyl groups is 1. The monoisotopic (exact) mass is 216 g/mol. The SMILES string of the molecule is CC(C)[C@@H](CO)NCC(=O)NC(C)(C)C. The lowest BCUT2D eigenvalue weighted by Gasteiger charge is -2.23. The lowest BCUT2D eigenvalue weighted by atomic mass is 10.1. The zero-order valence-electron chi connectivity index (χ0n) is 10.4. The Bertz CT molecular complexity index is 197. The Morgan fingerprint density at radius 2 is 1.87 bits per heavy atom. The Morgan fingerprint density at radius 3 is 2.20 bits per heavy atom. The van der Waals surface area contributed by atoms with E-state index in [2.05, 4.69) is 10.6 Å². The van der Waals surface area contributed by atoms with Gasteiger partial charge in [0.25, 0.3) is 0 Å². The zero-order valence-corrected chi connectivity index (χ0v) is 10.4. The van der Waals surface area contributed by atoms with Crippen LogP contribution < -0.4 is 10.6 Å². The van der Waals surface area contributed by atoms with Crippen molar-refractivity contribution < 1.29 is 9.90 Å². The Kier molecular flexibility index (Phi) is 5.83. The maximum Gasteiger partial charge on any atom is 0.234 e. The average molecular weight is 216 g/mol. The lowest BCUT2D eigenvalue weighted by Crippen LogP contribution is -2.48. The van der Waals surface area contributed by atoms with Gasteiger partial charge in [-0.2, -0.15) is 0 Å². The number of hydrogen-bond donors (Lipinski definition) is 3. The molecule has 1 amide bonds. The Balaban J connectivity index is 3.89. The van der Waals surface area contributed by atoms with E-state index < -0.39 is 0 Å². The third kappa shape index (κ3) is 7.33. The fraction of sp³-hybridized carbons (Fsp3) is 0.909. The smallest absolute Gasteiger partial charge is 0.234 e. The highest BCUT2D eigenvalue weighted by atomic mass is 16.3. The van der Waals surface area contributed by atoms with Crippen LogP contribution in [0.15, 0.2) is 0 Å². The molecule has 0 radical (unpaired) electrons. The number of carbonyl (C=O) groups excluding carboxylic acids is 1. The van der Waals surface area contributed by atoms with Gasteiger partial charge in [-0.05, 0) is 26.7 Å². The predicted octanol–water partition coefficient (Wildman–Crippen LogP) is 0.508. The van der Waals surface area contributed by atoms with Crippen molar-refractivity contribution in [2.24, 2.45) is 5.92 Å². The van der Waals surface area contributed by atoms with Gasteiger partial charge < -0.3 is 15.7 Å². The van der Waals surface area contributed by atoms with Gasteiger partial charge in [0.05, 0.1) is 13.2 Å². The summed E-state index contributed by atoms with van der Waals surface area (Å²) in [5.41, 5.74) is -0.203. The van der Waals surface area contributed by atoms with E-state index in [0.29, 0.717) is 5.92 Å². The van der Waals surface area contributed by atoms with Gasteiger partial charge in [0.1, 0.15) is 0 Å². The van der Waals surface area contributed by atoms with Gasteiger partial charge in [0.2, 0.25) is 5.91 Å². The highest BCUT2D eigenvalue weighted by Crippen LogP contribution is 2.00. The van der Waals surface area contributed by atoms with Crippen molar-refractivity contribution in [3.63, 3.8) is 0 Å². The fourth-order valence-electron chi connectivity index (χ4n) is 1.20. The minimum Gasteiger partial charge on any atom is -0.395 e. The average Bonchev–Trinajstić information content (AvgIpc) is 2.01. The molecule has 0 rings (SSSR count). The van der Waals surface area contributed by atoms with Crippen LogP contribution in [0.5, 0.6) is 0 Å². The van der Waals surface area contributed by atoms with Gasteiger partial charge in [-0.1, -0.05) is 13.8 Å². The van der Waals surface area contributed by atoms with Gasteiger partial charge >= 0.3 is 0 Å². The highest BCUT2D eigenvalue weighted by Gasteiger charge is 2.16. The Labute approximate surface area is 92.4 Å². The second-order valence-corrected chi connectivity index (χ2v) is 5.21. The summed E-state index contributed by atoms with van der Waals surface area (Å²) in [5.74, 6) is 0.277. The van der Waals surface area contributed by atoms with Crippen molar-refractivity contribution >= 4 is 5.91 Å². The van der Waals surface area contributed by atoms with Gasteiger partial charge in [-0.15, -0.1) is 0 Å². The molecule has 0 saturated heterocycles. The van der Waals surface area contributed by atoms with Crippen LogP contribution in [0.1, 0.15) is 34.6 Å². The topological polar surface area (TPSA) is 61.4 Å². The van der Waals surface area contributed by atoms with Crippen LogP contribution in [0.4, 0.5) is 0 Å². The molecule has 0 aromatic rings. The minimum atomic E-state index is -0.203. The van der Waals surface area contributed by atoms with E-state index in [1.807, 2.05) is 34.6 Å². The molecule has 0 aromatic heterocycles. The largest absolute Gasteiger partial charge is 0.395 e. The minimum absolute atomic E-state index is 0.0179. The first kappa shape index (κ1) is 14.4. The summed E-state index contributed by atoms with van der Waals surface area (Å²) in [6.07, 6.45) is 0. The Hall–Kier alpha value is -0.610. The number of carbonyl (C=O) groups is 1. The maximum atomic E-state index is 11.4. The summed E-state index contributed by atoms with van der Waals surface area (Å²) >= 11 is 0. The van der Waals surface area contributed by atoms with Gasteiger partial charge in [0.15, 0.2) is 0 Å². The van der Waals surface area contributed by atoms with Gasteiger partial charge in [0, 0.05) is 11.6 Å². The van der Waals surface area contributed by atoms with E-state index in [-0.39, 0.29) is 30.6 Å². The zero-order chi connectivity index (χ0) is 12.1. The Morgan fingerprint density at radius 1 is 1.33 bits per heavy atom. The molecule has 0 aliphatic heterocycles. The highest BCUT2D eigenvalue weighted by molar-refractivity contribution is 5.78. The van der Waals surface area contributed by atoms with Crippen molar-refractivity contribution in [1.29, 1.82) is 0 Å². The molecule has 0 saturated carbocycles. The van der Waals surface area contributed by atoms with Crippen LogP contribution in [-0.2, 0) is 4.79 Å². The van der Waals surface area contributed by atoms with Crippen LogP contribution >= 0.6 is 0 Å². The van der Waals surface area contributed by atoms with E-state index in [9.17, 15) is 4.79 Å². The van der Waals surface area contributed by atoms with E-state index >= 15 is 0 Å². The maximum absolute atomic E-state index is 11.4. The first-order valence-electron chi connectivity index (χ1n) is 5.41. The van der Waals surface area contributed by atoms with Crippen LogP contribution in [0.2, 0.25) is 0 Å². The van der Waals surface area contributed by atoms with Gasteiger partial charge in [-0.3, -0.25) is 4.79 Å². The van der Waals surface area contributed by atoms with Crippen LogP contribution in [0.3, 0.4) is 0 Å². The standard InChI is InChI=1S/C11H24N2O2/c1-8(2)9(7-14)12-6-10(15)13-11(3,4)5/h8-9,12,14H,6-7H2,1-5H3,(H,13,15)/t9-/m1/s1. The van der Waals surface area contributed by atoms with E-state index in [0.717, 1.165) is 0 Å². The molecule has 0 aliphatic carbocycles. The first-order valence-corrected chi connectivity index (χ1v) is 5.41. The molecule has 4 heteroatoms. The van der Waals surface area contributed by atoms with E-state index in [4.69, 9.17) is 5.11 Å². The van der Waals surface area contributed by atoms with Gasteiger partial charge in [-0.25, -0.2) is 0 Å². The second-order valence-electron chi connectivity index (χ2n) is 5.21. The summed E-state index contributed by atoms with van der Waals surface area (Å²) in [6, 6.07) is -0.0179. The molecule has 0 bridgehead atoms. The molecule has 0 spiro atoms. The predicted molar refractivity (Wildman–Crippen MR) is 61.6 cm³/mol. The van der Waals surface area contributed by atoms with E-state index in [1.54, 1.807) is 0 Å². The van der Waals surface area contributed by atoms with E-state index in [1.165, 1.54) is 0 Å². The summed E-state index contributed by atoms with van der Waals surface area (Å²) < 4.78 is 0. The summed E-state index contributed by atoms with van der Waals surface area (Å²) in [6.45, 7) is 10.1. The molecule has 0 fully saturated rings. The number of hydrogen-bond acceptors (Lipinski definition) is 3.